The average molecular weight is 716 g/mol. The van der Waals surface area contributed by atoms with Gasteiger partial charge >= 0.3 is 0 Å². The summed E-state index contributed by atoms with van der Waals surface area (Å²) in [7, 11) is 0. The number of benzene rings is 7. The summed E-state index contributed by atoms with van der Waals surface area (Å²) in [6.07, 6.45) is 9.77. The van der Waals surface area contributed by atoms with Gasteiger partial charge in [0.25, 0.3) is 0 Å². The Morgan fingerprint density at radius 2 is 0.964 bits per heavy atom. The summed E-state index contributed by atoms with van der Waals surface area (Å²) in [4.78, 5) is 15.5. The second kappa shape index (κ2) is 14.5. The third-order valence-electron chi connectivity index (χ3n) is 10.9. The number of fused-ring (bicyclic) bond motifs is 3. The van der Waals surface area contributed by atoms with Crippen molar-refractivity contribution in [1.82, 2.24) is 15.0 Å². The molecule has 2 aromatic heterocycles. The van der Waals surface area contributed by atoms with Crippen molar-refractivity contribution in [2.24, 2.45) is 0 Å². The molecule has 0 saturated heterocycles. The van der Waals surface area contributed by atoms with Gasteiger partial charge in [-0.3, -0.25) is 0 Å². The van der Waals surface area contributed by atoms with Crippen molar-refractivity contribution in [3.8, 4) is 67.4 Å². The molecule has 0 spiro atoms. The summed E-state index contributed by atoms with van der Waals surface area (Å²) in [5.74, 6) is 1.09. The van der Waals surface area contributed by atoms with Crippen molar-refractivity contribution in [3.63, 3.8) is 0 Å². The van der Waals surface area contributed by atoms with E-state index in [1.807, 2.05) is 12.1 Å². The first-order valence-electron chi connectivity index (χ1n) is 19.2. The van der Waals surface area contributed by atoms with Crippen LogP contribution in [0.2, 0.25) is 0 Å². The molecule has 0 saturated carbocycles. The first-order chi connectivity index (χ1) is 27.7. The lowest BCUT2D eigenvalue weighted by Gasteiger charge is -2.15. The standard InChI is InChI=1S/C53H37N3/c1-4-12-36(13-5-1)38-20-26-43(27-21-38)50-35-51(56-53(55-50)45-30-22-39(23-31-45)37-14-6-2-7-15-37)44-28-24-41(25-29-44)47-34-49(42-17-8-3-9-18-42)54-48-33-32-40-16-10-11-19-46(40)52(47)48/h1-14,16-35,37H,15H2. The minimum absolute atomic E-state index is 0.387. The lowest BCUT2D eigenvalue weighted by Crippen LogP contribution is -1.98. The smallest absolute Gasteiger partial charge is 0.160 e. The highest BCUT2D eigenvalue weighted by Gasteiger charge is 2.16. The topological polar surface area (TPSA) is 38.7 Å². The minimum Gasteiger partial charge on any atom is -0.248 e. The highest BCUT2D eigenvalue weighted by Crippen LogP contribution is 2.38. The Labute approximate surface area is 327 Å². The SMILES string of the molecule is C1=CCC(c2ccc(-c3nc(-c4ccc(-c5ccccc5)cc4)cc(-c4ccc(-c5cc(-c6ccccc6)nc6ccc7ccccc7c56)cc4)n3)cc2)C=C1. The van der Waals surface area contributed by atoms with Gasteiger partial charge in [0, 0.05) is 33.6 Å². The Bertz CT molecular complexity index is 2890. The predicted octanol–water partition coefficient (Wildman–Crippen LogP) is 13.8. The zero-order chi connectivity index (χ0) is 37.3. The molecule has 0 N–H and O–H groups in total. The Morgan fingerprint density at radius 1 is 0.411 bits per heavy atom. The van der Waals surface area contributed by atoms with Gasteiger partial charge in [0.15, 0.2) is 5.82 Å². The molecule has 9 aromatic rings. The number of hydrogen-bond acceptors (Lipinski definition) is 3. The molecule has 0 aliphatic heterocycles. The zero-order valence-electron chi connectivity index (χ0n) is 30.8. The first-order valence-corrected chi connectivity index (χ1v) is 19.2. The van der Waals surface area contributed by atoms with Crippen LogP contribution in [0.4, 0.5) is 0 Å². The second-order valence-corrected chi connectivity index (χ2v) is 14.4. The van der Waals surface area contributed by atoms with Crippen molar-refractivity contribution in [2.75, 3.05) is 0 Å². The van der Waals surface area contributed by atoms with Crippen molar-refractivity contribution >= 4 is 21.7 Å². The summed E-state index contributed by atoms with van der Waals surface area (Å²) in [5.41, 5.74) is 13.8. The van der Waals surface area contributed by atoms with Gasteiger partial charge in [-0.2, -0.15) is 0 Å². The van der Waals surface area contributed by atoms with Crippen LogP contribution in [0.25, 0.3) is 89.1 Å². The summed E-state index contributed by atoms with van der Waals surface area (Å²) < 4.78 is 0. The van der Waals surface area contributed by atoms with Crippen LogP contribution in [-0.2, 0) is 0 Å². The molecule has 0 radical (unpaired) electrons. The molecule has 3 heteroatoms. The average Bonchev–Trinajstić information content (AvgIpc) is 3.29. The summed E-state index contributed by atoms with van der Waals surface area (Å²) in [6.45, 7) is 0. The number of nitrogens with zero attached hydrogens (tertiary/aromatic N) is 3. The minimum atomic E-state index is 0.387. The molecule has 1 aliphatic carbocycles. The van der Waals surface area contributed by atoms with Crippen molar-refractivity contribution in [1.29, 1.82) is 0 Å². The molecule has 0 amide bonds. The van der Waals surface area contributed by atoms with Crippen LogP contribution in [-0.4, -0.2) is 15.0 Å². The van der Waals surface area contributed by atoms with Crippen LogP contribution in [0.3, 0.4) is 0 Å². The van der Waals surface area contributed by atoms with E-state index in [-0.39, 0.29) is 0 Å². The van der Waals surface area contributed by atoms with Gasteiger partial charge in [-0.05, 0) is 63.2 Å². The Kier molecular flexibility index (Phi) is 8.66. The fourth-order valence-corrected chi connectivity index (χ4v) is 7.86. The maximum atomic E-state index is 5.21. The molecular formula is C53H37N3. The lowest BCUT2D eigenvalue weighted by molar-refractivity contribution is 0.854. The highest BCUT2D eigenvalue weighted by molar-refractivity contribution is 6.13. The van der Waals surface area contributed by atoms with E-state index in [1.54, 1.807) is 0 Å². The first kappa shape index (κ1) is 33.3. The molecular weight excluding hydrogens is 679 g/mol. The molecule has 3 nitrogen and oxygen atoms in total. The van der Waals surface area contributed by atoms with Crippen LogP contribution in [0.1, 0.15) is 17.9 Å². The molecule has 0 bridgehead atoms. The number of pyridine rings is 1. The third-order valence-corrected chi connectivity index (χ3v) is 10.9. The molecule has 7 aromatic carbocycles. The van der Waals surface area contributed by atoms with Crippen LogP contribution in [0.15, 0.2) is 206 Å². The van der Waals surface area contributed by atoms with Crippen LogP contribution in [0, 0.1) is 0 Å². The van der Waals surface area contributed by atoms with E-state index in [0.717, 1.165) is 67.8 Å². The summed E-state index contributed by atoms with van der Waals surface area (Å²) in [5, 5.41) is 3.55. The number of aromatic nitrogens is 3. The summed E-state index contributed by atoms with van der Waals surface area (Å²) >= 11 is 0. The zero-order valence-corrected chi connectivity index (χ0v) is 30.8. The van der Waals surface area contributed by atoms with Crippen LogP contribution >= 0.6 is 0 Å². The van der Waals surface area contributed by atoms with E-state index >= 15 is 0 Å². The molecule has 264 valence electrons. The molecule has 0 fully saturated rings. The quantitative estimate of drug-likeness (QED) is 0.154. The maximum Gasteiger partial charge on any atom is 0.160 e. The number of rotatable bonds is 7. The lowest BCUT2D eigenvalue weighted by atomic mass is 9.92. The van der Waals surface area contributed by atoms with Crippen molar-refractivity contribution < 1.29 is 0 Å². The molecule has 1 aliphatic rings. The van der Waals surface area contributed by atoms with E-state index in [2.05, 4.69) is 194 Å². The molecule has 2 heterocycles. The van der Waals surface area contributed by atoms with Gasteiger partial charge in [-0.1, -0.05) is 188 Å². The van der Waals surface area contributed by atoms with Gasteiger partial charge in [0.2, 0.25) is 0 Å². The van der Waals surface area contributed by atoms with Gasteiger partial charge < -0.3 is 0 Å². The predicted molar refractivity (Wildman–Crippen MR) is 233 cm³/mol. The molecule has 56 heavy (non-hydrogen) atoms. The maximum absolute atomic E-state index is 5.21. The van der Waals surface area contributed by atoms with Crippen molar-refractivity contribution in [2.45, 2.75) is 12.3 Å². The van der Waals surface area contributed by atoms with Crippen LogP contribution < -0.4 is 0 Å². The third kappa shape index (κ3) is 6.50. The van der Waals surface area contributed by atoms with E-state index < -0.39 is 0 Å². The monoisotopic (exact) mass is 715 g/mol. The van der Waals surface area contributed by atoms with Gasteiger partial charge in [-0.25, -0.2) is 15.0 Å². The normalized spacial score (nSPS) is 13.7. The van der Waals surface area contributed by atoms with E-state index in [0.29, 0.717) is 11.7 Å². The number of hydrogen-bond donors (Lipinski definition) is 0. The van der Waals surface area contributed by atoms with E-state index in [9.17, 15) is 0 Å². The van der Waals surface area contributed by atoms with Crippen molar-refractivity contribution in [3.05, 3.63) is 212 Å². The largest absolute Gasteiger partial charge is 0.248 e. The van der Waals surface area contributed by atoms with Crippen LogP contribution in [0.5, 0.6) is 0 Å². The number of allylic oxidation sites excluding steroid dienone is 4. The van der Waals surface area contributed by atoms with E-state index in [1.165, 1.54) is 27.5 Å². The molecule has 1 atom stereocenters. The van der Waals surface area contributed by atoms with Gasteiger partial charge in [-0.15, -0.1) is 0 Å². The fraction of sp³-hybridized carbons (Fsp3) is 0.0377. The molecule has 10 rings (SSSR count). The Hall–Kier alpha value is -7.23. The van der Waals surface area contributed by atoms with E-state index in [4.69, 9.17) is 15.0 Å². The Morgan fingerprint density at radius 3 is 1.64 bits per heavy atom. The Balaban J connectivity index is 1.07. The highest BCUT2D eigenvalue weighted by atomic mass is 14.9. The fourth-order valence-electron chi connectivity index (χ4n) is 7.86. The van der Waals surface area contributed by atoms with Gasteiger partial charge in [0.05, 0.1) is 22.6 Å². The molecule has 1 unspecified atom stereocenters. The summed E-state index contributed by atoms with van der Waals surface area (Å²) in [6, 6.07) is 64.4. The second-order valence-electron chi connectivity index (χ2n) is 14.4. The van der Waals surface area contributed by atoms with Gasteiger partial charge in [0.1, 0.15) is 0 Å².